The van der Waals surface area contributed by atoms with E-state index in [0.29, 0.717) is 15.5 Å². The monoisotopic (exact) mass is 499 g/mol. The largest absolute Gasteiger partial charge is 0.418 e. The Bertz CT molecular complexity index is 1200. The number of halogens is 3. The summed E-state index contributed by atoms with van der Waals surface area (Å²) in [6.45, 7) is 9.10. The molecule has 12 heteroatoms. The Balaban J connectivity index is 1.87. The average molecular weight is 500 g/mol. The van der Waals surface area contributed by atoms with Crippen LogP contribution < -0.4 is 15.8 Å². The molecule has 2 aromatic heterocycles. The van der Waals surface area contributed by atoms with Gasteiger partial charge in [-0.2, -0.15) is 18.2 Å². The standard InChI is InChI=1S/C21H24F3N5O2S2/c1-5-28(6-2)19-26-17-16(33-19)18(31)29(12(3)4)20(27-17)32-11-15(30)25-14-10-8-7-9-13(14)21(22,23)24/h7-10,12H,5-6,11H2,1-4H3,(H,25,30). The highest BCUT2D eigenvalue weighted by Crippen LogP contribution is 2.35. The Morgan fingerprint density at radius 3 is 2.48 bits per heavy atom. The van der Waals surface area contributed by atoms with E-state index in [1.165, 1.54) is 34.1 Å². The van der Waals surface area contributed by atoms with Gasteiger partial charge in [0.2, 0.25) is 5.91 Å². The maximum Gasteiger partial charge on any atom is 0.418 e. The molecule has 0 unspecified atom stereocenters. The van der Waals surface area contributed by atoms with Crippen LogP contribution in [0.25, 0.3) is 10.3 Å². The highest BCUT2D eigenvalue weighted by Gasteiger charge is 2.33. The predicted octanol–water partition coefficient (Wildman–Crippen LogP) is 5.03. The summed E-state index contributed by atoms with van der Waals surface area (Å²) in [6, 6.07) is 4.55. The number of benzene rings is 1. The number of anilines is 2. The number of thiazole rings is 1. The van der Waals surface area contributed by atoms with Crippen molar-refractivity contribution in [2.75, 3.05) is 29.1 Å². The summed E-state index contributed by atoms with van der Waals surface area (Å²) in [7, 11) is 0. The number of nitrogens with one attached hydrogen (secondary N) is 1. The molecule has 0 spiro atoms. The van der Waals surface area contributed by atoms with Crippen LogP contribution in [-0.4, -0.2) is 39.3 Å². The van der Waals surface area contributed by atoms with Crippen LogP contribution in [0.3, 0.4) is 0 Å². The molecule has 0 saturated heterocycles. The molecule has 0 aliphatic carbocycles. The van der Waals surface area contributed by atoms with E-state index in [2.05, 4.69) is 15.3 Å². The van der Waals surface area contributed by atoms with E-state index in [1.54, 1.807) is 0 Å². The van der Waals surface area contributed by atoms with E-state index < -0.39 is 17.6 Å². The minimum atomic E-state index is -4.59. The number of carbonyl (C=O) groups is 1. The van der Waals surface area contributed by atoms with Crippen molar-refractivity contribution in [1.82, 2.24) is 14.5 Å². The summed E-state index contributed by atoms with van der Waals surface area (Å²) < 4.78 is 41.5. The molecule has 7 nitrogen and oxygen atoms in total. The van der Waals surface area contributed by atoms with Gasteiger partial charge in [-0.15, -0.1) is 0 Å². The quantitative estimate of drug-likeness (QED) is 0.346. The zero-order valence-corrected chi connectivity index (χ0v) is 20.2. The normalized spacial score (nSPS) is 11.9. The number of para-hydroxylation sites is 1. The van der Waals surface area contributed by atoms with Gasteiger partial charge in [0.25, 0.3) is 5.56 Å². The van der Waals surface area contributed by atoms with Gasteiger partial charge >= 0.3 is 6.18 Å². The first-order valence-electron chi connectivity index (χ1n) is 10.3. The number of aromatic nitrogens is 3. The third-order valence-corrected chi connectivity index (χ3v) is 6.85. The number of rotatable bonds is 8. The summed E-state index contributed by atoms with van der Waals surface area (Å²) in [5, 5.41) is 3.29. The molecule has 3 aromatic rings. The molecule has 1 aromatic carbocycles. The van der Waals surface area contributed by atoms with Crippen molar-refractivity contribution in [1.29, 1.82) is 0 Å². The maximum atomic E-state index is 13.2. The highest BCUT2D eigenvalue weighted by atomic mass is 32.2. The highest BCUT2D eigenvalue weighted by molar-refractivity contribution is 7.99. The topological polar surface area (TPSA) is 80.1 Å². The van der Waals surface area contributed by atoms with E-state index >= 15 is 0 Å². The van der Waals surface area contributed by atoms with Crippen molar-refractivity contribution in [3.63, 3.8) is 0 Å². The van der Waals surface area contributed by atoms with Crippen molar-refractivity contribution in [2.24, 2.45) is 0 Å². The SMILES string of the molecule is CCN(CC)c1nc2nc(SCC(=O)Nc3ccccc3C(F)(F)F)n(C(C)C)c(=O)c2s1. The molecule has 33 heavy (non-hydrogen) atoms. The molecule has 0 atom stereocenters. The van der Waals surface area contributed by atoms with Crippen molar-refractivity contribution < 1.29 is 18.0 Å². The van der Waals surface area contributed by atoms with Gasteiger partial charge in [-0.1, -0.05) is 35.2 Å². The van der Waals surface area contributed by atoms with Gasteiger partial charge < -0.3 is 10.2 Å². The van der Waals surface area contributed by atoms with Crippen LogP contribution in [0.4, 0.5) is 24.0 Å². The summed E-state index contributed by atoms with van der Waals surface area (Å²) in [6.07, 6.45) is -4.59. The van der Waals surface area contributed by atoms with Gasteiger partial charge in [-0.3, -0.25) is 14.2 Å². The van der Waals surface area contributed by atoms with E-state index in [1.807, 2.05) is 32.6 Å². The number of amides is 1. The van der Waals surface area contributed by atoms with Crippen LogP contribution in [-0.2, 0) is 11.0 Å². The van der Waals surface area contributed by atoms with Crippen LogP contribution in [0.15, 0.2) is 34.2 Å². The zero-order valence-electron chi connectivity index (χ0n) is 18.6. The van der Waals surface area contributed by atoms with Gasteiger partial charge in [0.15, 0.2) is 15.9 Å². The van der Waals surface area contributed by atoms with Gasteiger partial charge in [-0.05, 0) is 39.8 Å². The molecule has 0 aliphatic rings. The Morgan fingerprint density at radius 2 is 1.88 bits per heavy atom. The van der Waals surface area contributed by atoms with Crippen molar-refractivity contribution in [2.45, 2.75) is 45.1 Å². The molecule has 0 fully saturated rings. The first kappa shape index (κ1) is 25.0. The van der Waals surface area contributed by atoms with Crippen LogP contribution in [0.1, 0.15) is 39.3 Å². The smallest absolute Gasteiger partial charge is 0.349 e. The van der Waals surface area contributed by atoms with Crippen LogP contribution in [0.2, 0.25) is 0 Å². The second-order valence-electron chi connectivity index (χ2n) is 7.36. The Hall–Kier alpha value is -2.60. The number of nitrogens with zero attached hydrogens (tertiary/aromatic N) is 4. The van der Waals surface area contributed by atoms with Crippen molar-refractivity contribution in [3.05, 3.63) is 40.2 Å². The molecule has 0 bridgehead atoms. The zero-order chi connectivity index (χ0) is 24.3. The minimum Gasteiger partial charge on any atom is -0.349 e. The summed E-state index contributed by atoms with van der Waals surface area (Å²) in [5.41, 5.74) is -1.19. The lowest BCUT2D eigenvalue weighted by Crippen LogP contribution is -2.25. The van der Waals surface area contributed by atoms with Crippen LogP contribution in [0.5, 0.6) is 0 Å². The Labute approximate surface area is 197 Å². The second kappa shape index (κ2) is 10.1. The lowest BCUT2D eigenvalue weighted by molar-refractivity contribution is -0.137. The molecule has 0 aliphatic heterocycles. The lowest BCUT2D eigenvalue weighted by atomic mass is 10.1. The molecular weight excluding hydrogens is 475 g/mol. The second-order valence-corrected chi connectivity index (χ2v) is 9.28. The fourth-order valence-electron chi connectivity index (χ4n) is 3.20. The van der Waals surface area contributed by atoms with E-state index in [-0.39, 0.29) is 28.2 Å². The summed E-state index contributed by atoms with van der Waals surface area (Å²) >= 11 is 2.26. The molecule has 2 heterocycles. The molecule has 3 rings (SSSR count). The number of fused-ring (bicyclic) bond motifs is 1. The molecular formula is C21H24F3N5O2S2. The minimum absolute atomic E-state index is 0.218. The fraction of sp³-hybridized carbons (Fsp3) is 0.429. The number of carbonyl (C=O) groups excluding carboxylic acids is 1. The van der Waals surface area contributed by atoms with E-state index in [0.717, 1.165) is 30.9 Å². The third-order valence-electron chi connectivity index (χ3n) is 4.81. The van der Waals surface area contributed by atoms with Crippen molar-refractivity contribution in [3.8, 4) is 0 Å². The summed E-state index contributed by atoms with van der Waals surface area (Å²) in [5.74, 6) is -0.854. The number of alkyl halides is 3. The number of thioether (sulfide) groups is 1. The van der Waals surface area contributed by atoms with Gasteiger partial charge in [0, 0.05) is 19.1 Å². The lowest BCUT2D eigenvalue weighted by Gasteiger charge is -2.15. The summed E-state index contributed by atoms with van der Waals surface area (Å²) in [4.78, 5) is 36.6. The fourth-order valence-corrected chi connectivity index (χ4v) is 5.19. The molecule has 0 saturated carbocycles. The molecule has 1 amide bonds. The van der Waals surface area contributed by atoms with Crippen LogP contribution in [0, 0.1) is 0 Å². The number of hydrogen-bond donors (Lipinski definition) is 1. The maximum absolute atomic E-state index is 13.2. The van der Waals surface area contributed by atoms with Gasteiger partial charge in [0.1, 0.15) is 4.70 Å². The molecule has 178 valence electrons. The van der Waals surface area contributed by atoms with Crippen molar-refractivity contribution >= 4 is 50.2 Å². The number of hydrogen-bond acceptors (Lipinski definition) is 7. The average Bonchev–Trinajstić information content (AvgIpc) is 3.16. The van der Waals surface area contributed by atoms with Crippen LogP contribution >= 0.6 is 23.1 Å². The predicted molar refractivity (Wildman–Crippen MR) is 126 cm³/mol. The van der Waals surface area contributed by atoms with E-state index in [9.17, 15) is 22.8 Å². The third kappa shape index (κ3) is 5.49. The van der Waals surface area contributed by atoms with Gasteiger partial charge in [0.05, 0.1) is 17.0 Å². The Kier molecular flexibility index (Phi) is 7.68. The Morgan fingerprint density at radius 1 is 1.21 bits per heavy atom. The van der Waals surface area contributed by atoms with E-state index in [4.69, 9.17) is 0 Å². The molecule has 0 radical (unpaired) electrons. The first-order chi connectivity index (χ1) is 15.6. The first-order valence-corrected chi connectivity index (χ1v) is 12.1. The molecule has 1 N–H and O–H groups in total. The van der Waals surface area contributed by atoms with Gasteiger partial charge in [-0.25, -0.2) is 4.98 Å².